The average Bonchev–Trinajstić information content (AvgIpc) is 3.48. The minimum atomic E-state index is -4.01. The Hall–Kier alpha value is -3.69. The summed E-state index contributed by atoms with van der Waals surface area (Å²) in [5.41, 5.74) is 3.18. The fourth-order valence-electron chi connectivity index (χ4n) is 5.20. The number of amides is 2. The van der Waals surface area contributed by atoms with E-state index in [1.807, 2.05) is 61.5 Å². The largest absolute Gasteiger partial charge is 0.352 e. The highest BCUT2D eigenvalue weighted by molar-refractivity contribution is 7.90. The zero-order valence-corrected chi connectivity index (χ0v) is 24.9. The first-order valence-corrected chi connectivity index (χ1v) is 15.5. The minimum absolute atomic E-state index is 0.0751. The minimum Gasteiger partial charge on any atom is -0.352 e. The van der Waals surface area contributed by atoms with Crippen molar-refractivity contribution < 1.29 is 18.0 Å². The summed E-state index contributed by atoms with van der Waals surface area (Å²) in [6.07, 6.45) is 4.27. The molecule has 1 N–H and O–H groups in total. The first kappa shape index (κ1) is 30.3. The Morgan fingerprint density at radius 1 is 0.878 bits per heavy atom. The number of rotatable bonds is 12. The number of carbonyl (C=O) groups excluding carboxylic acids is 2. The molecule has 0 aromatic heterocycles. The van der Waals surface area contributed by atoms with Crippen molar-refractivity contribution in [2.24, 2.45) is 0 Å². The molecule has 3 aromatic rings. The van der Waals surface area contributed by atoms with Crippen molar-refractivity contribution in [1.82, 2.24) is 14.5 Å². The fraction of sp³-hybridized carbons (Fsp3) is 0.375. The van der Waals surface area contributed by atoms with Gasteiger partial charge in [0.25, 0.3) is 0 Å². The number of benzene rings is 3. The van der Waals surface area contributed by atoms with Crippen LogP contribution in [0.2, 0.25) is 0 Å². The maximum atomic E-state index is 14.3. The van der Waals surface area contributed by atoms with Gasteiger partial charge in [0.1, 0.15) is 12.6 Å². The van der Waals surface area contributed by atoms with Crippen molar-refractivity contribution in [2.45, 2.75) is 57.7 Å². The normalized spacial score (nSPS) is 14.5. The van der Waals surface area contributed by atoms with Crippen molar-refractivity contribution in [1.29, 1.82) is 0 Å². The zero-order chi connectivity index (χ0) is 29.4. The van der Waals surface area contributed by atoms with E-state index in [4.69, 9.17) is 0 Å². The number of aryl methyl sites for hydroxylation is 1. The van der Waals surface area contributed by atoms with Crippen LogP contribution in [0.25, 0.3) is 0 Å². The van der Waals surface area contributed by atoms with Gasteiger partial charge in [0.05, 0.1) is 5.69 Å². The van der Waals surface area contributed by atoms with Crippen LogP contribution in [0.1, 0.15) is 42.4 Å². The van der Waals surface area contributed by atoms with Crippen LogP contribution >= 0.6 is 0 Å². The van der Waals surface area contributed by atoms with Crippen LogP contribution in [0.15, 0.2) is 84.9 Å². The molecule has 1 saturated carbocycles. The third-order valence-electron chi connectivity index (χ3n) is 7.64. The van der Waals surface area contributed by atoms with Gasteiger partial charge in [-0.25, -0.2) is 4.31 Å². The van der Waals surface area contributed by atoms with E-state index in [2.05, 4.69) is 5.32 Å². The Morgan fingerprint density at radius 2 is 1.46 bits per heavy atom. The van der Waals surface area contributed by atoms with Crippen LogP contribution in [-0.4, -0.2) is 62.2 Å². The second kappa shape index (κ2) is 13.8. The highest BCUT2D eigenvalue weighted by Gasteiger charge is 2.35. The molecule has 1 aliphatic carbocycles. The van der Waals surface area contributed by atoms with E-state index in [-0.39, 0.29) is 18.5 Å². The van der Waals surface area contributed by atoms with Crippen LogP contribution in [0.4, 0.5) is 5.69 Å². The van der Waals surface area contributed by atoms with E-state index in [1.165, 1.54) is 14.1 Å². The lowest BCUT2D eigenvalue weighted by Gasteiger charge is -2.35. The van der Waals surface area contributed by atoms with E-state index in [9.17, 15) is 18.0 Å². The van der Waals surface area contributed by atoms with Gasteiger partial charge in [-0.1, -0.05) is 85.6 Å². The van der Waals surface area contributed by atoms with E-state index in [0.29, 0.717) is 12.1 Å². The van der Waals surface area contributed by atoms with Gasteiger partial charge < -0.3 is 10.2 Å². The molecule has 8 nitrogen and oxygen atoms in total. The van der Waals surface area contributed by atoms with Gasteiger partial charge in [0.2, 0.25) is 11.8 Å². The smallest absolute Gasteiger partial charge is 0.304 e. The third-order valence-corrected chi connectivity index (χ3v) is 9.46. The van der Waals surface area contributed by atoms with Gasteiger partial charge in [0.15, 0.2) is 0 Å². The number of nitrogens with one attached hydrogen (secondary N) is 1. The number of hydrogen-bond donors (Lipinski definition) is 1. The Morgan fingerprint density at radius 3 is 2.07 bits per heavy atom. The van der Waals surface area contributed by atoms with Gasteiger partial charge >= 0.3 is 10.2 Å². The second-order valence-corrected chi connectivity index (χ2v) is 12.8. The Bertz CT molecular complexity index is 1410. The van der Waals surface area contributed by atoms with E-state index in [1.54, 1.807) is 35.2 Å². The van der Waals surface area contributed by atoms with Gasteiger partial charge in [-0.15, -0.1) is 0 Å². The summed E-state index contributed by atoms with van der Waals surface area (Å²) in [7, 11) is -1.13. The van der Waals surface area contributed by atoms with Crippen molar-refractivity contribution in [3.8, 4) is 0 Å². The monoisotopic (exact) mass is 576 g/mol. The molecule has 3 aromatic carbocycles. The molecule has 0 aliphatic heterocycles. The maximum absolute atomic E-state index is 14.3. The summed E-state index contributed by atoms with van der Waals surface area (Å²) in [4.78, 5) is 29.8. The second-order valence-electron chi connectivity index (χ2n) is 10.8. The Labute approximate surface area is 244 Å². The summed E-state index contributed by atoms with van der Waals surface area (Å²) in [6.45, 7) is 1.69. The number of para-hydroxylation sites is 1. The molecule has 2 amide bonds. The van der Waals surface area contributed by atoms with Crippen molar-refractivity contribution >= 4 is 27.7 Å². The average molecular weight is 577 g/mol. The molecule has 0 radical (unpaired) electrons. The highest BCUT2D eigenvalue weighted by atomic mass is 32.2. The molecule has 1 aliphatic rings. The van der Waals surface area contributed by atoms with E-state index >= 15 is 0 Å². The molecule has 0 bridgehead atoms. The van der Waals surface area contributed by atoms with Crippen molar-refractivity contribution in [2.75, 3.05) is 24.9 Å². The molecular formula is C32H40N4O4S. The van der Waals surface area contributed by atoms with Crippen LogP contribution < -0.4 is 9.62 Å². The van der Waals surface area contributed by atoms with Crippen LogP contribution in [0.3, 0.4) is 0 Å². The molecule has 1 atom stereocenters. The topological polar surface area (TPSA) is 90.0 Å². The van der Waals surface area contributed by atoms with Crippen LogP contribution in [0.5, 0.6) is 0 Å². The molecule has 1 fully saturated rings. The fourth-order valence-corrected chi connectivity index (χ4v) is 6.26. The molecule has 41 heavy (non-hydrogen) atoms. The number of anilines is 1. The lowest BCUT2D eigenvalue weighted by atomic mass is 10.0. The van der Waals surface area contributed by atoms with Crippen LogP contribution in [0, 0.1) is 6.92 Å². The maximum Gasteiger partial charge on any atom is 0.304 e. The molecule has 9 heteroatoms. The molecule has 0 spiro atoms. The SMILES string of the molecule is Cc1ccccc1CN(C(=O)CN(c1ccccc1)S(=O)(=O)N(C)C)[C@@H](Cc1ccccc1)C(=O)NC1CCCC1. The standard InChI is InChI=1S/C32H40N4O4S/c1-25-14-10-11-17-27(25)23-35(31(37)24-36(41(39,40)34(2)3)29-20-8-5-9-21-29)30(22-26-15-6-4-7-16-26)32(38)33-28-18-12-13-19-28/h4-11,14-17,20-21,28,30H,12-13,18-19,22-24H2,1-3H3,(H,33,38)/t30-/m0/s1. The predicted molar refractivity (Wildman–Crippen MR) is 162 cm³/mol. The van der Waals surface area contributed by atoms with Gasteiger partial charge in [0, 0.05) is 33.1 Å². The third kappa shape index (κ3) is 7.74. The Kier molecular flexibility index (Phi) is 10.2. The van der Waals surface area contributed by atoms with Gasteiger partial charge in [-0.2, -0.15) is 12.7 Å². The first-order chi connectivity index (χ1) is 19.7. The number of hydrogen-bond acceptors (Lipinski definition) is 4. The Balaban J connectivity index is 1.75. The van der Waals surface area contributed by atoms with Gasteiger partial charge in [-0.3, -0.25) is 9.59 Å². The molecular weight excluding hydrogens is 536 g/mol. The van der Waals surface area contributed by atoms with Crippen molar-refractivity contribution in [3.05, 3.63) is 102 Å². The quantitative estimate of drug-likeness (QED) is 0.348. The summed E-state index contributed by atoms with van der Waals surface area (Å²) >= 11 is 0. The van der Waals surface area contributed by atoms with Gasteiger partial charge in [-0.05, 0) is 48.6 Å². The molecule has 0 unspecified atom stereocenters. The highest BCUT2D eigenvalue weighted by Crippen LogP contribution is 2.23. The summed E-state index contributed by atoms with van der Waals surface area (Å²) in [6, 6.07) is 25.2. The van der Waals surface area contributed by atoms with E-state index < -0.39 is 28.7 Å². The van der Waals surface area contributed by atoms with Crippen molar-refractivity contribution in [3.63, 3.8) is 0 Å². The van der Waals surface area contributed by atoms with E-state index in [0.717, 1.165) is 51.0 Å². The summed E-state index contributed by atoms with van der Waals surface area (Å²) < 4.78 is 29.1. The zero-order valence-electron chi connectivity index (χ0n) is 24.1. The number of carbonyl (C=O) groups is 2. The predicted octanol–water partition coefficient (Wildman–Crippen LogP) is 4.31. The first-order valence-electron chi connectivity index (χ1n) is 14.1. The molecule has 4 rings (SSSR count). The van der Waals surface area contributed by atoms with Crippen LogP contribution in [-0.2, 0) is 32.8 Å². The summed E-state index contributed by atoms with van der Waals surface area (Å²) in [5.74, 6) is -0.672. The lowest BCUT2D eigenvalue weighted by molar-refractivity contribution is -0.140. The molecule has 0 heterocycles. The number of nitrogens with zero attached hydrogens (tertiary/aromatic N) is 3. The molecule has 0 saturated heterocycles. The summed E-state index contributed by atoms with van der Waals surface area (Å²) in [5, 5.41) is 3.20. The molecule has 218 valence electrons. The lowest BCUT2D eigenvalue weighted by Crippen LogP contribution is -2.55.